The van der Waals surface area contributed by atoms with Gasteiger partial charge in [-0.3, -0.25) is 4.79 Å². The fourth-order valence-corrected chi connectivity index (χ4v) is 3.94. The second-order valence-electron chi connectivity index (χ2n) is 6.33. The molecule has 0 N–H and O–H groups in total. The number of Topliss-reactive ketones (excluding diaryl/α,β-unsaturated/α-hetero) is 1. The lowest BCUT2D eigenvalue weighted by molar-refractivity contribution is -0.138. The van der Waals surface area contributed by atoms with Gasteiger partial charge in [0.05, 0.1) is 6.61 Å². The Labute approximate surface area is 121 Å². The first kappa shape index (κ1) is 15.3. The van der Waals surface area contributed by atoms with E-state index in [1.807, 2.05) is 19.9 Å². The van der Waals surface area contributed by atoms with Crippen LogP contribution in [0.25, 0.3) is 0 Å². The average Bonchev–Trinajstić information content (AvgIpc) is 2.99. The van der Waals surface area contributed by atoms with Gasteiger partial charge in [0.2, 0.25) is 0 Å². The number of rotatable bonds is 6. The van der Waals surface area contributed by atoms with E-state index in [9.17, 15) is 9.59 Å². The monoisotopic (exact) mass is 278 g/mol. The maximum atomic E-state index is 12.4. The lowest BCUT2D eigenvalue weighted by atomic mass is 9.71. The second-order valence-corrected chi connectivity index (χ2v) is 6.33. The molecule has 0 unspecified atom stereocenters. The van der Waals surface area contributed by atoms with Crippen LogP contribution < -0.4 is 0 Å². The molecule has 0 radical (unpaired) electrons. The molecule has 0 amide bonds. The lowest BCUT2D eigenvalue weighted by Crippen LogP contribution is -2.33. The van der Waals surface area contributed by atoms with Crippen LogP contribution in [0, 0.1) is 17.3 Å². The zero-order valence-electron chi connectivity index (χ0n) is 12.9. The van der Waals surface area contributed by atoms with E-state index >= 15 is 0 Å². The Morgan fingerprint density at radius 3 is 2.70 bits per heavy atom. The summed E-state index contributed by atoms with van der Waals surface area (Å²) in [4.78, 5) is 24.1. The molecule has 0 aromatic carbocycles. The van der Waals surface area contributed by atoms with Crippen molar-refractivity contribution in [2.24, 2.45) is 17.3 Å². The Hall–Kier alpha value is -1.12. The number of fused-ring (bicyclic) bond motifs is 2. The molecule has 2 rings (SSSR count). The summed E-state index contributed by atoms with van der Waals surface area (Å²) in [5.41, 5.74) is 0.596. The van der Waals surface area contributed by atoms with E-state index in [0.717, 1.165) is 31.3 Å². The molecule has 2 aliphatic carbocycles. The molecule has 0 saturated heterocycles. The van der Waals surface area contributed by atoms with Gasteiger partial charge in [0.15, 0.2) is 0 Å². The van der Waals surface area contributed by atoms with Crippen LogP contribution >= 0.6 is 0 Å². The van der Waals surface area contributed by atoms with Gasteiger partial charge in [-0.25, -0.2) is 4.79 Å². The smallest absolute Gasteiger partial charge is 0.333 e. The second kappa shape index (κ2) is 6.11. The molecule has 0 heterocycles. The Kier molecular flexibility index (Phi) is 4.66. The van der Waals surface area contributed by atoms with E-state index in [1.165, 1.54) is 6.42 Å². The molecular formula is C17H26O3. The molecule has 0 aromatic rings. The highest BCUT2D eigenvalue weighted by Crippen LogP contribution is 2.55. The molecular weight excluding hydrogens is 252 g/mol. The molecule has 0 aromatic heterocycles. The molecule has 0 aliphatic heterocycles. The number of ether oxygens (including phenoxy) is 1. The van der Waals surface area contributed by atoms with Gasteiger partial charge in [-0.15, -0.1) is 0 Å². The summed E-state index contributed by atoms with van der Waals surface area (Å²) in [5, 5.41) is 0. The summed E-state index contributed by atoms with van der Waals surface area (Å²) in [5.74, 6) is 1.15. The predicted octanol–water partition coefficient (Wildman–Crippen LogP) is 3.67. The summed E-state index contributed by atoms with van der Waals surface area (Å²) in [6, 6.07) is 0. The highest BCUT2D eigenvalue weighted by atomic mass is 16.5. The number of hydrogen-bond acceptors (Lipinski definition) is 3. The van der Waals surface area contributed by atoms with Gasteiger partial charge in [-0.2, -0.15) is 0 Å². The fraction of sp³-hybridized carbons (Fsp3) is 0.765. The first-order chi connectivity index (χ1) is 9.52. The van der Waals surface area contributed by atoms with Crippen LogP contribution in [0.2, 0.25) is 0 Å². The largest absolute Gasteiger partial charge is 0.463 e. The van der Waals surface area contributed by atoms with Crippen molar-refractivity contribution in [2.75, 3.05) is 6.61 Å². The topological polar surface area (TPSA) is 43.4 Å². The molecule has 3 atom stereocenters. The van der Waals surface area contributed by atoms with Crippen LogP contribution in [0.3, 0.4) is 0 Å². The van der Waals surface area contributed by atoms with Crippen molar-refractivity contribution >= 4 is 11.8 Å². The van der Waals surface area contributed by atoms with Gasteiger partial charge in [-0.1, -0.05) is 19.9 Å². The van der Waals surface area contributed by atoms with Crippen LogP contribution in [0.5, 0.6) is 0 Å². The summed E-state index contributed by atoms with van der Waals surface area (Å²) in [6.07, 6.45) is 7.73. The van der Waals surface area contributed by atoms with E-state index in [4.69, 9.17) is 4.74 Å². The van der Waals surface area contributed by atoms with Crippen LogP contribution in [0.1, 0.15) is 59.3 Å². The number of hydrogen-bond donors (Lipinski definition) is 0. The highest BCUT2D eigenvalue weighted by Gasteiger charge is 2.54. The summed E-state index contributed by atoms with van der Waals surface area (Å²) in [7, 11) is 0. The number of carbonyl (C=O) groups excluding carboxylic acids is 2. The quantitative estimate of drug-likeness (QED) is 0.550. The highest BCUT2D eigenvalue weighted by molar-refractivity contribution is 5.90. The van der Waals surface area contributed by atoms with Crippen molar-refractivity contribution in [1.82, 2.24) is 0 Å². The zero-order valence-corrected chi connectivity index (χ0v) is 12.9. The average molecular weight is 278 g/mol. The van der Waals surface area contributed by atoms with E-state index in [0.29, 0.717) is 30.6 Å². The Balaban J connectivity index is 1.94. The van der Waals surface area contributed by atoms with Gasteiger partial charge in [-0.05, 0) is 51.4 Å². The van der Waals surface area contributed by atoms with E-state index in [2.05, 4.69) is 6.92 Å². The molecule has 2 saturated carbocycles. The van der Waals surface area contributed by atoms with Crippen molar-refractivity contribution in [1.29, 1.82) is 0 Å². The molecule has 3 heteroatoms. The van der Waals surface area contributed by atoms with Crippen LogP contribution in [-0.4, -0.2) is 18.4 Å². The number of esters is 1. The Bertz CT molecular complexity index is 424. The van der Waals surface area contributed by atoms with E-state index in [-0.39, 0.29) is 11.4 Å². The minimum atomic E-state index is -0.209. The minimum absolute atomic E-state index is 0.146. The normalized spacial score (nSPS) is 32.8. The molecule has 2 fully saturated rings. The van der Waals surface area contributed by atoms with Gasteiger partial charge < -0.3 is 4.74 Å². The van der Waals surface area contributed by atoms with Gasteiger partial charge in [0, 0.05) is 16.9 Å². The zero-order chi connectivity index (χ0) is 14.8. The van der Waals surface area contributed by atoms with Gasteiger partial charge in [0.1, 0.15) is 5.78 Å². The Morgan fingerprint density at radius 1 is 1.40 bits per heavy atom. The maximum Gasteiger partial charge on any atom is 0.333 e. The van der Waals surface area contributed by atoms with Crippen LogP contribution in [-0.2, 0) is 14.3 Å². The third kappa shape index (κ3) is 2.68. The first-order valence-electron chi connectivity index (χ1n) is 7.93. The molecule has 3 nitrogen and oxygen atoms in total. The van der Waals surface area contributed by atoms with Crippen LogP contribution in [0.4, 0.5) is 0 Å². The first-order valence-corrected chi connectivity index (χ1v) is 7.93. The predicted molar refractivity (Wildman–Crippen MR) is 78.2 cm³/mol. The van der Waals surface area contributed by atoms with Gasteiger partial charge in [0.25, 0.3) is 0 Å². The number of allylic oxidation sites excluding steroid dienone is 1. The van der Waals surface area contributed by atoms with Crippen molar-refractivity contribution in [3.05, 3.63) is 11.6 Å². The molecule has 2 aliphatic rings. The molecule has 20 heavy (non-hydrogen) atoms. The van der Waals surface area contributed by atoms with Crippen LogP contribution in [0.15, 0.2) is 11.6 Å². The molecule has 0 spiro atoms. The fourth-order valence-electron chi connectivity index (χ4n) is 3.94. The minimum Gasteiger partial charge on any atom is -0.463 e. The van der Waals surface area contributed by atoms with E-state index < -0.39 is 0 Å². The summed E-state index contributed by atoms with van der Waals surface area (Å²) in [6.45, 7) is 6.33. The third-order valence-electron chi connectivity index (χ3n) is 5.24. The summed E-state index contributed by atoms with van der Waals surface area (Å²) >= 11 is 0. The summed E-state index contributed by atoms with van der Waals surface area (Å²) < 4.78 is 5.04. The SMILES string of the molecule is CCOC(=O)/C(=C/CC[C@@]1(C)C(=O)[C@@H]2CC[C@H]1C2)CC. The number of carbonyl (C=O) groups is 2. The van der Waals surface area contributed by atoms with Crippen molar-refractivity contribution < 1.29 is 14.3 Å². The standard InChI is InChI=1S/C17H26O3/c1-4-12(16(19)20-5-2)7-6-10-17(3)14-9-8-13(11-14)15(17)18/h7,13-14H,4-6,8-11H2,1-3H3/b12-7+/t13-,14+,17-/m1/s1. The maximum absolute atomic E-state index is 12.4. The van der Waals surface area contributed by atoms with Gasteiger partial charge >= 0.3 is 5.97 Å². The Morgan fingerprint density at radius 2 is 2.15 bits per heavy atom. The molecule has 112 valence electrons. The van der Waals surface area contributed by atoms with Crippen molar-refractivity contribution in [3.8, 4) is 0 Å². The van der Waals surface area contributed by atoms with E-state index in [1.54, 1.807) is 0 Å². The lowest BCUT2D eigenvalue weighted by Gasteiger charge is -2.32. The number of ketones is 1. The molecule has 2 bridgehead atoms. The van der Waals surface area contributed by atoms with Crippen molar-refractivity contribution in [3.63, 3.8) is 0 Å². The van der Waals surface area contributed by atoms with Crippen molar-refractivity contribution in [2.45, 2.75) is 59.3 Å². The third-order valence-corrected chi connectivity index (χ3v) is 5.24.